The molecule has 0 bridgehead atoms. The van der Waals surface area contributed by atoms with Gasteiger partial charge in [-0.15, -0.1) is 0 Å². The molecule has 1 aromatic carbocycles. The first-order valence-electron chi connectivity index (χ1n) is 8.05. The molecule has 1 heterocycles. The van der Waals surface area contributed by atoms with Crippen molar-refractivity contribution in [3.8, 4) is 11.3 Å². The van der Waals surface area contributed by atoms with E-state index in [4.69, 9.17) is 0 Å². The summed E-state index contributed by atoms with van der Waals surface area (Å²) in [5, 5.41) is 11.1. The zero-order chi connectivity index (χ0) is 14.7. The maximum absolute atomic E-state index is 4.22. The number of H-pyrrole nitrogens is 1. The molecule has 0 amide bonds. The third kappa shape index (κ3) is 3.35. The summed E-state index contributed by atoms with van der Waals surface area (Å²) in [6.07, 6.45) is 5.88. The van der Waals surface area contributed by atoms with Gasteiger partial charge in [0.05, 0.1) is 11.9 Å². The van der Waals surface area contributed by atoms with Gasteiger partial charge in [0, 0.05) is 18.2 Å². The first kappa shape index (κ1) is 14.3. The fourth-order valence-corrected chi connectivity index (χ4v) is 3.29. The highest BCUT2D eigenvalue weighted by Crippen LogP contribution is 2.29. The molecule has 112 valence electrons. The Bertz CT molecular complexity index is 561. The van der Waals surface area contributed by atoms with Crippen LogP contribution in [0.15, 0.2) is 36.5 Å². The Kier molecular flexibility index (Phi) is 4.39. The molecule has 3 unspecified atom stereocenters. The maximum atomic E-state index is 4.22. The van der Waals surface area contributed by atoms with Crippen LogP contribution in [0.25, 0.3) is 11.3 Å². The standard InChI is InChI=1S/C18H25N3/c1-13-8-9-17(10-14(13)2)19-11-16-12-20-21-18(16)15-6-4-3-5-7-15/h3-7,12-14,17,19H,8-11H2,1-2H3,(H,20,21). The van der Waals surface area contributed by atoms with E-state index in [9.17, 15) is 0 Å². The second-order valence-corrected chi connectivity index (χ2v) is 6.48. The fraction of sp³-hybridized carbons (Fsp3) is 0.500. The summed E-state index contributed by atoms with van der Waals surface area (Å²) in [4.78, 5) is 0. The fourth-order valence-electron chi connectivity index (χ4n) is 3.29. The molecule has 3 atom stereocenters. The topological polar surface area (TPSA) is 40.7 Å². The molecule has 3 rings (SSSR count). The van der Waals surface area contributed by atoms with Crippen LogP contribution in [0, 0.1) is 11.8 Å². The average molecular weight is 283 g/mol. The zero-order valence-electron chi connectivity index (χ0n) is 13.0. The highest BCUT2D eigenvalue weighted by Gasteiger charge is 2.24. The van der Waals surface area contributed by atoms with Gasteiger partial charge in [0.25, 0.3) is 0 Å². The molecule has 0 aliphatic heterocycles. The summed E-state index contributed by atoms with van der Waals surface area (Å²) in [6, 6.07) is 11.1. The molecule has 21 heavy (non-hydrogen) atoms. The van der Waals surface area contributed by atoms with Crippen molar-refractivity contribution >= 4 is 0 Å². The van der Waals surface area contributed by atoms with Crippen LogP contribution in [0.4, 0.5) is 0 Å². The Morgan fingerprint density at radius 3 is 2.71 bits per heavy atom. The number of aromatic nitrogens is 2. The van der Waals surface area contributed by atoms with E-state index in [-0.39, 0.29) is 0 Å². The van der Waals surface area contributed by atoms with Crippen LogP contribution >= 0.6 is 0 Å². The molecule has 1 fully saturated rings. The molecule has 3 heteroatoms. The summed E-state index contributed by atoms with van der Waals surface area (Å²) in [7, 11) is 0. The zero-order valence-corrected chi connectivity index (χ0v) is 13.0. The molecular formula is C18H25N3. The molecule has 0 radical (unpaired) electrons. The lowest BCUT2D eigenvalue weighted by Crippen LogP contribution is -2.35. The SMILES string of the molecule is CC1CCC(NCc2cn[nH]c2-c2ccccc2)CC1C. The van der Waals surface area contributed by atoms with Crippen molar-refractivity contribution < 1.29 is 0 Å². The average Bonchev–Trinajstić information content (AvgIpc) is 2.98. The number of aromatic amines is 1. The van der Waals surface area contributed by atoms with Crippen LogP contribution < -0.4 is 5.32 Å². The van der Waals surface area contributed by atoms with Gasteiger partial charge in [-0.2, -0.15) is 5.10 Å². The van der Waals surface area contributed by atoms with Crippen molar-refractivity contribution in [2.75, 3.05) is 0 Å². The van der Waals surface area contributed by atoms with E-state index < -0.39 is 0 Å². The predicted molar refractivity (Wildman–Crippen MR) is 86.8 cm³/mol. The van der Waals surface area contributed by atoms with Gasteiger partial charge in [-0.25, -0.2) is 0 Å². The minimum atomic E-state index is 0.648. The smallest absolute Gasteiger partial charge is 0.0695 e. The first-order valence-corrected chi connectivity index (χ1v) is 8.05. The Balaban J connectivity index is 1.63. The molecule has 0 saturated heterocycles. The molecule has 3 nitrogen and oxygen atoms in total. The van der Waals surface area contributed by atoms with E-state index in [0.717, 1.165) is 24.1 Å². The number of hydrogen-bond acceptors (Lipinski definition) is 2. The monoisotopic (exact) mass is 283 g/mol. The van der Waals surface area contributed by atoms with Crippen molar-refractivity contribution in [2.45, 2.75) is 45.7 Å². The van der Waals surface area contributed by atoms with Crippen molar-refractivity contribution in [1.82, 2.24) is 15.5 Å². The minimum absolute atomic E-state index is 0.648. The van der Waals surface area contributed by atoms with Gasteiger partial charge in [0.2, 0.25) is 0 Å². The van der Waals surface area contributed by atoms with Gasteiger partial charge in [-0.1, -0.05) is 44.2 Å². The lowest BCUT2D eigenvalue weighted by Gasteiger charge is -2.32. The van der Waals surface area contributed by atoms with Gasteiger partial charge in [-0.3, -0.25) is 5.10 Å². The molecule has 2 N–H and O–H groups in total. The van der Waals surface area contributed by atoms with E-state index in [1.165, 1.54) is 30.4 Å². The molecular weight excluding hydrogens is 258 g/mol. The van der Waals surface area contributed by atoms with E-state index in [1.54, 1.807) is 0 Å². The number of nitrogens with one attached hydrogen (secondary N) is 2. The van der Waals surface area contributed by atoms with E-state index in [2.05, 4.69) is 53.6 Å². The second kappa shape index (κ2) is 6.44. The van der Waals surface area contributed by atoms with Crippen LogP contribution in [0.1, 0.15) is 38.7 Å². The van der Waals surface area contributed by atoms with E-state index in [1.807, 2.05) is 12.3 Å². The molecule has 0 spiro atoms. The quantitative estimate of drug-likeness (QED) is 0.890. The third-order valence-electron chi connectivity index (χ3n) is 4.96. The van der Waals surface area contributed by atoms with Crippen molar-refractivity contribution in [3.63, 3.8) is 0 Å². The third-order valence-corrected chi connectivity index (χ3v) is 4.96. The number of nitrogens with zero attached hydrogens (tertiary/aromatic N) is 1. The maximum Gasteiger partial charge on any atom is 0.0695 e. The van der Waals surface area contributed by atoms with E-state index >= 15 is 0 Å². The van der Waals surface area contributed by atoms with E-state index in [0.29, 0.717) is 6.04 Å². The van der Waals surface area contributed by atoms with Gasteiger partial charge < -0.3 is 5.32 Å². The summed E-state index contributed by atoms with van der Waals surface area (Å²) >= 11 is 0. The van der Waals surface area contributed by atoms with Crippen LogP contribution in [-0.2, 0) is 6.54 Å². The minimum Gasteiger partial charge on any atom is -0.310 e. The Hall–Kier alpha value is -1.61. The lowest BCUT2D eigenvalue weighted by molar-refractivity contribution is 0.225. The molecule has 1 aromatic heterocycles. The van der Waals surface area contributed by atoms with Crippen LogP contribution in [0.3, 0.4) is 0 Å². The van der Waals surface area contributed by atoms with Gasteiger partial charge in [-0.05, 0) is 36.7 Å². The molecule has 1 saturated carbocycles. The molecule has 1 aliphatic rings. The number of benzene rings is 1. The van der Waals surface area contributed by atoms with Gasteiger partial charge >= 0.3 is 0 Å². The van der Waals surface area contributed by atoms with Crippen molar-refractivity contribution in [3.05, 3.63) is 42.1 Å². The predicted octanol–water partition coefficient (Wildman–Crippen LogP) is 3.99. The van der Waals surface area contributed by atoms with Gasteiger partial charge in [0.1, 0.15) is 0 Å². The van der Waals surface area contributed by atoms with Crippen molar-refractivity contribution in [2.24, 2.45) is 11.8 Å². The summed E-state index contributed by atoms with van der Waals surface area (Å²) in [5.74, 6) is 1.70. The largest absolute Gasteiger partial charge is 0.310 e. The lowest BCUT2D eigenvalue weighted by atomic mass is 9.79. The summed E-state index contributed by atoms with van der Waals surface area (Å²) in [6.45, 7) is 5.66. The first-order chi connectivity index (χ1) is 10.2. The van der Waals surface area contributed by atoms with Gasteiger partial charge in [0.15, 0.2) is 0 Å². The Labute approximate surface area is 127 Å². The summed E-state index contributed by atoms with van der Waals surface area (Å²) < 4.78 is 0. The van der Waals surface area contributed by atoms with Crippen LogP contribution in [0.2, 0.25) is 0 Å². The molecule has 2 aromatic rings. The Morgan fingerprint density at radius 1 is 1.14 bits per heavy atom. The summed E-state index contributed by atoms with van der Waals surface area (Å²) in [5.41, 5.74) is 3.60. The number of hydrogen-bond donors (Lipinski definition) is 2. The van der Waals surface area contributed by atoms with Crippen LogP contribution in [0.5, 0.6) is 0 Å². The highest BCUT2D eigenvalue weighted by atomic mass is 15.1. The van der Waals surface area contributed by atoms with Crippen LogP contribution in [-0.4, -0.2) is 16.2 Å². The molecule has 1 aliphatic carbocycles. The van der Waals surface area contributed by atoms with Crippen molar-refractivity contribution in [1.29, 1.82) is 0 Å². The Morgan fingerprint density at radius 2 is 1.95 bits per heavy atom. The second-order valence-electron chi connectivity index (χ2n) is 6.48. The normalized spacial score (nSPS) is 25.9. The number of rotatable bonds is 4. The highest BCUT2D eigenvalue weighted by molar-refractivity contribution is 5.62.